The van der Waals surface area contributed by atoms with Gasteiger partial charge in [0.1, 0.15) is 26.1 Å². The fraction of sp³-hybridized carbons (Fsp3) is 0.636. The van der Waals surface area contributed by atoms with Crippen LogP contribution in [0.15, 0.2) is 103 Å². The standard InChI is InChI=1S/C20H29NO3.C18H27NO3.C18H25NO3.C10H21NO/c1-21(20(22)24-16-19-6-4-3-5-7-19)14-12-17-8-10-18(11-9-17)13-15-23-2;2*1-19(12-11-15-7-9-16(13-20)10-8-15)18(21)22-14-17-5-3-2-4-6-17;1-11-7-6-9-2-4-10(8-12)5-3-9/h3-7,13,15,17-18H,8-12,14,16H2,1-2H3;2-6,15-16,20H,7-14H2,1H3;2-6,13,15-16H,7-12,14H2,1H3;9-12H,2-8H2,1H3. The van der Waals surface area contributed by atoms with E-state index in [0.29, 0.717) is 75.1 Å². The number of benzene rings is 3. The summed E-state index contributed by atoms with van der Waals surface area (Å²) < 4.78 is 21.0. The topological polar surface area (TPSA) is 167 Å². The molecule has 3 amide bonds. The number of carbonyl (C=O) groups excluding carboxylic acids is 4. The zero-order chi connectivity index (χ0) is 57.6. The molecule has 0 aliphatic heterocycles. The van der Waals surface area contributed by atoms with Gasteiger partial charge in [-0.2, -0.15) is 0 Å². The SMILES string of the molecule is CN(CCC1CCC(C=O)CC1)C(=O)OCc1ccccc1.CN(CCC1CCC(CO)CC1)C(=O)OCc1ccccc1.CNCCC1CCC(CO)CC1.COC=CC1CCC(CCN(C)C(=O)OCc2ccccc2)CC1. The van der Waals surface area contributed by atoms with Crippen LogP contribution in [0.3, 0.4) is 0 Å². The minimum absolute atomic E-state index is 0.240. The lowest BCUT2D eigenvalue weighted by molar-refractivity contribution is -0.112. The molecule has 14 heteroatoms. The summed E-state index contributed by atoms with van der Waals surface area (Å²) in [6.45, 7) is 5.05. The molecule has 3 aromatic carbocycles. The summed E-state index contributed by atoms with van der Waals surface area (Å²) in [5, 5.41) is 21.3. The molecular formula is C66H102N4O10. The maximum absolute atomic E-state index is 12.0. The maximum Gasteiger partial charge on any atom is 0.409 e. The van der Waals surface area contributed by atoms with Crippen LogP contribution >= 0.6 is 0 Å². The van der Waals surface area contributed by atoms with Gasteiger partial charge in [0, 0.05) is 59.9 Å². The highest BCUT2D eigenvalue weighted by atomic mass is 16.6. The summed E-state index contributed by atoms with van der Waals surface area (Å²) in [5.74, 6) is 4.93. The second-order valence-corrected chi connectivity index (χ2v) is 23.0. The Balaban J connectivity index is 0.000000235. The number of ether oxygens (including phenoxy) is 4. The van der Waals surface area contributed by atoms with E-state index in [1.54, 1.807) is 42.2 Å². The highest BCUT2D eigenvalue weighted by molar-refractivity contribution is 5.68. The molecular weight excluding hydrogens is 1010 g/mol. The van der Waals surface area contributed by atoms with Crippen LogP contribution in [0.4, 0.5) is 14.4 Å². The average Bonchev–Trinajstić information content (AvgIpc) is 3.52. The largest absolute Gasteiger partial charge is 0.505 e. The van der Waals surface area contributed by atoms with Crippen molar-refractivity contribution < 1.29 is 48.3 Å². The normalized spacial score (nSPS) is 22.5. The van der Waals surface area contributed by atoms with Crippen molar-refractivity contribution in [3.8, 4) is 0 Å². The van der Waals surface area contributed by atoms with Crippen LogP contribution < -0.4 is 5.32 Å². The van der Waals surface area contributed by atoms with Crippen LogP contribution in [0, 0.1) is 47.3 Å². The van der Waals surface area contributed by atoms with Crippen molar-refractivity contribution in [1.29, 1.82) is 0 Å². The van der Waals surface area contributed by atoms with Gasteiger partial charge in [0.05, 0.1) is 13.4 Å². The second-order valence-electron chi connectivity index (χ2n) is 23.0. The molecule has 3 N–H and O–H groups in total. The van der Waals surface area contributed by atoms with E-state index in [2.05, 4.69) is 11.4 Å². The minimum Gasteiger partial charge on any atom is -0.505 e. The monoisotopic (exact) mass is 1110 g/mol. The van der Waals surface area contributed by atoms with Gasteiger partial charge < -0.3 is 54.0 Å². The number of nitrogens with zero attached hydrogens (tertiary/aromatic N) is 3. The first-order valence-corrected chi connectivity index (χ1v) is 30.2. The average molecular weight is 1110 g/mol. The lowest BCUT2D eigenvalue weighted by atomic mass is 9.80. The Morgan fingerprint density at radius 3 is 1.07 bits per heavy atom. The van der Waals surface area contributed by atoms with E-state index >= 15 is 0 Å². The van der Waals surface area contributed by atoms with Gasteiger partial charge in [-0.15, -0.1) is 0 Å². The molecule has 0 atom stereocenters. The number of allylic oxidation sites excluding steroid dienone is 1. The van der Waals surface area contributed by atoms with Crippen molar-refractivity contribution >= 4 is 24.6 Å². The van der Waals surface area contributed by atoms with Crippen molar-refractivity contribution in [2.45, 2.75) is 148 Å². The number of aliphatic hydroxyl groups is 2. The van der Waals surface area contributed by atoms with Gasteiger partial charge in [-0.25, -0.2) is 14.4 Å². The number of hydrogen-bond donors (Lipinski definition) is 3. The maximum atomic E-state index is 12.0. The van der Waals surface area contributed by atoms with Crippen molar-refractivity contribution in [1.82, 2.24) is 20.0 Å². The van der Waals surface area contributed by atoms with E-state index in [-0.39, 0.29) is 24.2 Å². The van der Waals surface area contributed by atoms with Crippen molar-refractivity contribution in [3.05, 3.63) is 120 Å². The predicted molar refractivity (Wildman–Crippen MR) is 318 cm³/mol. The Bertz CT molecular complexity index is 2090. The molecule has 80 heavy (non-hydrogen) atoms. The lowest BCUT2D eigenvalue weighted by Gasteiger charge is -2.28. The Morgan fingerprint density at radius 1 is 0.475 bits per heavy atom. The first-order chi connectivity index (χ1) is 38.9. The molecule has 0 unspecified atom stereocenters. The van der Waals surface area contributed by atoms with E-state index in [9.17, 15) is 19.2 Å². The number of amides is 3. The molecule has 0 heterocycles. The van der Waals surface area contributed by atoms with Crippen LogP contribution in [-0.4, -0.2) is 124 Å². The number of rotatable bonds is 23. The van der Waals surface area contributed by atoms with Gasteiger partial charge in [-0.1, -0.05) is 117 Å². The molecule has 0 saturated heterocycles. The van der Waals surface area contributed by atoms with Gasteiger partial charge in [-0.3, -0.25) is 0 Å². The number of carbonyl (C=O) groups is 4. The van der Waals surface area contributed by atoms with Crippen LogP contribution in [0.25, 0.3) is 0 Å². The molecule has 0 spiro atoms. The first kappa shape index (κ1) is 67.1. The van der Waals surface area contributed by atoms with Gasteiger partial charge in [-0.05, 0) is 181 Å². The molecule has 4 saturated carbocycles. The Labute approximate surface area is 481 Å². The molecule has 3 aromatic rings. The third kappa shape index (κ3) is 28.3. The molecule has 0 aromatic heterocycles. The number of nitrogens with one attached hydrogen (secondary N) is 1. The van der Waals surface area contributed by atoms with Crippen LogP contribution in [0.1, 0.15) is 145 Å². The van der Waals surface area contributed by atoms with Gasteiger partial charge in [0.15, 0.2) is 0 Å². The summed E-state index contributed by atoms with van der Waals surface area (Å²) in [6.07, 6.45) is 27.4. The number of methoxy groups -OCH3 is 1. The zero-order valence-corrected chi connectivity index (χ0v) is 49.5. The van der Waals surface area contributed by atoms with Crippen LogP contribution in [0.2, 0.25) is 0 Å². The van der Waals surface area contributed by atoms with Gasteiger partial charge >= 0.3 is 18.3 Å². The second kappa shape index (κ2) is 40.7. The molecule has 14 nitrogen and oxygen atoms in total. The highest BCUT2D eigenvalue weighted by Gasteiger charge is 2.25. The lowest BCUT2D eigenvalue weighted by Crippen LogP contribution is -2.30. The molecule has 0 bridgehead atoms. The summed E-state index contributed by atoms with van der Waals surface area (Å²) in [6, 6.07) is 29.2. The van der Waals surface area contributed by atoms with Crippen LogP contribution in [0.5, 0.6) is 0 Å². The smallest absolute Gasteiger partial charge is 0.409 e. The molecule has 7 rings (SSSR count). The van der Waals surface area contributed by atoms with E-state index < -0.39 is 0 Å². The summed E-state index contributed by atoms with van der Waals surface area (Å²) in [5.41, 5.74) is 3.02. The summed E-state index contributed by atoms with van der Waals surface area (Å²) >= 11 is 0. The highest BCUT2D eigenvalue weighted by Crippen LogP contribution is 2.33. The fourth-order valence-electron chi connectivity index (χ4n) is 11.1. The van der Waals surface area contributed by atoms with Crippen molar-refractivity contribution in [3.63, 3.8) is 0 Å². The quantitative estimate of drug-likeness (QED) is 0.0470. The third-order valence-corrected chi connectivity index (χ3v) is 16.9. The molecule has 4 aliphatic carbocycles. The predicted octanol–water partition coefficient (Wildman–Crippen LogP) is 13.1. The summed E-state index contributed by atoms with van der Waals surface area (Å²) in [4.78, 5) is 51.7. The minimum atomic E-state index is -0.273. The van der Waals surface area contributed by atoms with Gasteiger partial charge in [0.25, 0.3) is 0 Å². The number of aliphatic hydroxyl groups excluding tert-OH is 2. The Morgan fingerprint density at radius 2 is 0.775 bits per heavy atom. The third-order valence-electron chi connectivity index (χ3n) is 16.9. The van der Waals surface area contributed by atoms with Crippen molar-refractivity contribution in [2.24, 2.45) is 47.3 Å². The van der Waals surface area contributed by atoms with Crippen LogP contribution in [-0.2, 0) is 43.6 Å². The first-order valence-electron chi connectivity index (χ1n) is 30.2. The van der Waals surface area contributed by atoms with E-state index in [1.807, 2.05) is 105 Å². The van der Waals surface area contributed by atoms with Gasteiger partial charge in [0.2, 0.25) is 0 Å². The van der Waals surface area contributed by atoms with E-state index in [1.165, 1.54) is 57.8 Å². The Kier molecular flexibility index (Phi) is 34.1. The number of hydrogen-bond acceptors (Lipinski definition) is 11. The molecule has 0 radical (unpaired) electrons. The zero-order valence-electron chi connectivity index (χ0n) is 49.5. The van der Waals surface area contributed by atoms with E-state index in [0.717, 1.165) is 119 Å². The number of aldehydes is 1. The fourth-order valence-corrected chi connectivity index (χ4v) is 11.1. The molecule has 446 valence electrons. The molecule has 4 fully saturated rings. The van der Waals surface area contributed by atoms with Crippen molar-refractivity contribution in [2.75, 3.05) is 74.7 Å². The summed E-state index contributed by atoms with van der Waals surface area (Å²) in [7, 11) is 9.10. The molecule has 4 aliphatic rings. The van der Waals surface area contributed by atoms with E-state index in [4.69, 9.17) is 29.2 Å². The Hall–Kier alpha value is -5.44.